The molecule has 0 aromatic heterocycles. The minimum atomic E-state index is -0.178. The van der Waals surface area contributed by atoms with Crippen molar-refractivity contribution >= 4 is 5.91 Å². The van der Waals surface area contributed by atoms with E-state index in [1.54, 1.807) is 0 Å². The molecule has 76 valence electrons. The number of hydroxylamine groups is 1. The fourth-order valence-corrected chi connectivity index (χ4v) is 1.36. The monoisotopic (exact) mass is 193 g/mol. The standard InChI is InChI=1S/C11H15NO2/c1-4-14-12-11(13)10-8(2)6-5-7-9(10)3/h5-7H,4H2,1-3H3,(H,12,13). The maximum Gasteiger partial charge on any atom is 0.275 e. The van der Waals surface area contributed by atoms with Crippen LogP contribution in [0, 0.1) is 13.8 Å². The smallest absolute Gasteiger partial charge is 0.274 e. The van der Waals surface area contributed by atoms with E-state index in [1.807, 2.05) is 39.0 Å². The average Bonchev–Trinajstić information content (AvgIpc) is 2.14. The molecule has 1 aromatic carbocycles. The molecule has 0 fully saturated rings. The number of carbonyl (C=O) groups is 1. The Morgan fingerprint density at radius 2 is 1.93 bits per heavy atom. The van der Waals surface area contributed by atoms with Gasteiger partial charge in [0.2, 0.25) is 0 Å². The van der Waals surface area contributed by atoms with Gasteiger partial charge in [-0.05, 0) is 31.9 Å². The number of rotatable bonds is 3. The highest BCUT2D eigenvalue weighted by atomic mass is 16.6. The van der Waals surface area contributed by atoms with Crippen LogP contribution in [-0.4, -0.2) is 12.5 Å². The molecule has 1 N–H and O–H groups in total. The Kier molecular flexibility index (Phi) is 3.65. The third-order valence-corrected chi connectivity index (χ3v) is 2.02. The molecule has 0 aliphatic carbocycles. The van der Waals surface area contributed by atoms with Gasteiger partial charge in [-0.15, -0.1) is 0 Å². The lowest BCUT2D eigenvalue weighted by molar-refractivity contribution is 0.0363. The zero-order chi connectivity index (χ0) is 10.6. The number of hydrogen-bond acceptors (Lipinski definition) is 2. The van der Waals surface area contributed by atoms with Crippen molar-refractivity contribution in [3.63, 3.8) is 0 Å². The Morgan fingerprint density at radius 3 is 2.43 bits per heavy atom. The summed E-state index contributed by atoms with van der Waals surface area (Å²) >= 11 is 0. The molecule has 0 unspecified atom stereocenters. The highest BCUT2D eigenvalue weighted by Gasteiger charge is 2.10. The van der Waals surface area contributed by atoms with Gasteiger partial charge >= 0.3 is 0 Å². The van der Waals surface area contributed by atoms with E-state index in [0.717, 1.165) is 11.1 Å². The number of amides is 1. The fourth-order valence-electron chi connectivity index (χ4n) is 1.36. The first kappa shape index (κ1) is 10.7. The summed E-state index contributed by atoms with van der Waals surface area (Å²) in [5.74, 6) is -0.178. The predicted octanol–water partition coefficient (Wildman–Crippen LogP) is 1.98. The highest BCUT2D eigenvalue weighted by molar-refractivity contribution is 5.96. The second-order valence-corrected chi connectivity index (χ2v) is 3.13. The fraction of sp³-hybridized carbons (Fsp3) is 0.364. The molecule has 0 heterocycles. The van der Waals surface area contributed by atoms with Crippen molar-refractivity contribution in [1.29, 1.82) is 0 Å². The molecule has 3 nitrogen and oxygen atoms in total. The van der Waals surface area contributed by atoms with E-state index >= 15 is 0 Å². The van der Waals surface area contributed by atoms with Gasteiger partial charge < -0.3 is 0 Å². The Bertz CT molecular complexity index is 314. The SMILES string of the molecule is CCONC(=O)c1c(C)cccc1C. The van der Waals surface area contributed by atoms with Crippen molar-refractivity contribution in [2.75, 3.05) is 6.61 Å². The van der Waals surface area contributed by atoms with Crippen molar-refractivity contribution in [2.24, 2.45) is 0 Å². The topological polar surface area (TPSA) is 38.3 Å². The van der Waals surface area contributed by atoms with Crippen molar-refractivity contribution in [2.45, 2.75) is 20.8 Å². The minimum Gasteiger partial charge on any atom is -0.274 e. The van der Waals surface area contributed by atoms with Crippen LogP contribution in [-0.2, 0) is 4.84 Å². The van der Waals surface area contributed by atoms with Crippen molar-refractivity contribution in [1.82, 2.24) is 5.48 Å². The summed E-state index contributed by atoms with van der Waals surface area (Å²) < 4.78 is 0. The summed E-state index contributed by atoms with van der Waals surface area (Å²) in [5.41, 5.74) is 5.01. The molecular formula is C11H15NO2. The summed E-state index contributed by atoms with van der Waals surface area (Å²) in [4.78, 5) is 16.5. The maximum absolute atomic E-state index is 11.6. The molecule has 0 aliphatic heterocycles. The summed E-state index contributed by atoms with van der Waals surface area (Å²) in [6.45, 7) is 6.11. The van der Waals surface area contributed by atoms with E-state index in [4.69, 9.17) is 4.84 Å². The van der Waals surface area contributed by atoms with Crippen LogP contribution in [0.2, 0.25) is 0 Å². The first-order chi connectivity index (χ1) is 6.66. The number of aryl methyl sites for hydroxylation is 2. The van der Waals surface area contributed by atoms with Crippen LogP contribution in [0.15, 0.2) is 18.2 Å². The predicted molar refractivity (Wildman–Crippen MR) is 55.0 cm³/mol. The zero-order valence-electron chi connectivity index (χ0n) is 8.76. The number of benzene rings is 1. The van der Waals surface area contributed by atoms with Gasteiger partial charge in [-0.1, -0.05) is 18.2 Å². The third-order valence-electron chi connectivity index (χ3n) is 2.02. The Morgan fingerprint density at radius 1 is 1.36 bits per heavy atom. The molecule has 1 aromatic rings. The first-order valence-corrected chi connectivity index (χ1v) is 4.65. The van der Waals surface area contributed by atoms with Gasteiger partial charge in [0.15, 0.2) is 0 Å². The quantitative estimate of drug-likeness (QED) is 0.745. The summed E-state index contributed by atoms with van der Waals surface area (Å²) in [6, 6.07) is 5.75. The van der Waals surface area contributed by atoms with Crippen LogP contribution in [0.4, 0.5) is 0 Å². The van der Waals surface area contributed by atoms with Gasteiger partial charge in [-0.25, -0.2) is 5.48 Å². The largest absolute Gasteiger partial charge is 0.275 e. The molecule has 0 bridgehead atoms. The van der Waals surface area contributed by atoms with Crippen LogP contribution in [0.25, 0.3) is 0 Å². The number of hydrogen-bond donors (Lipinski definition) is 1. The molecular weight excluding hydrogens is 178 g/mol. The van der Waals surface area contributed by atoms with Gasteiger partial charge in [0.1, 0.15) is 0 Å². The Balaban J connectivity index is 2.89. The molecule has 3 heteroatoms. The van der Waals surface area contributed by atoms with Crippen LogP contribution in [0.3, 0.4) is 0 Å². The minimum absolute atomic E-state index is 0.178. The Labute approximate surface area is 84.0 Å². The normalized spacial score (nSPS) is 9.93. The summed E-state index contributed by atoms with van der Waals surface area (Å²) in [7, 11) is 0. The van der Waals surface area contributed by atoms with Crippen LogP contribution < -0.4 is 5.48 Å². The zero-order valence-corrected chi connectivity index (χ0v) is 8.76. The molecule has 0 saturated carbocycles. The number of carbonyl (C=O) groups excluding carboxylic acids is 1. The van der Waals surface area contributed by atoms with Crippen LogP contribution in [0.1, 0.15) is 28.4 Å². The molecule has 0 radical (unpaired) electrons. The molecule has 0 aliphatic rings. The summed E-state index contributed by atoms with van der Waals surface area (Å²) in [6.07, 6.45) is 0. The van der Waals surface area contributed by atoms with Gasteiger partial charge in [0.05, 0.1) is 6.61 Å². The van der Waals surface area contributed by atoms with Crippen LogP contribution in [0.5, 0.6) is 0 Å². The lowest BCUT2D eigenvalue weighted by Gasteiger charge is -2.09. The van der Waals surface area contributed by atoms with Gasteiger partial charge in [0, 0.05) is 5.56 Å². The highest BCUT2D eigenvalue weighted by Crippen LogP contribution is 2.12. The molecule has 0 spiro atoms. The van der Waals surface area contributed by atoms with Gasteiger partial charge in [-0.3, -0.25) is 9.63 Å². The van der Waals surface area contributed by atoms with E-state index in [-0.39, 0.29) is 5.91 Å². The van der Waals surface area contributed by atoms with E-state index in [1.165, 1.54) is 0 Å². The molecule has 0 saturated heterocycles. The maximum atomic E-state index is 11.6. The molecule has 1 amide bonds. The van der Waals surface area contributed by atoms with Crippen molar-refractivity contribution in [3.8, 4) is 0 Å². The van der Waals surface area contributed by atoms with E-state index < -0.39 is 0 Å². The van der Waals surface area contributed by atoms with Gasteiger partial charge in [-0.2, -0.15) is 0 Å². The van der Waals surface area contributed by atoms with Gasteiger partial charge in [0.25, 0.3) is 5.91 Å². The molecule has 0 atom stereocenters. The lowest BCUT2D eigenvalue weighted by Crippen LogP contribution is -2.25. The Hall–Kier alpha value is -1.35. The van der Waals surface area contributed by atoms with E-state index in [0.29, 0.717) is 12.2 Å². The third kappa shape index (κ3) is 2.33. The van der Waals surface area contributed by atoms with Crippen molar-refractivity contribution < 1.29 is 9.63 Å². The average molecular weight is 193 g/mol. The van der Waals surface area contributed by atoms with E-state index in [9.17, 15) is 4.79 Å². The first-order valence-electron chi connectivity index (χ1n) is 4.65. The number of nitrogens with one attached hydrogen (secondary N) is 1. The van der Waals surface area contributed by atoms with Crippen molar-refractivity contribution in [3.05, 3.63) is 34.9 Å². The second-order valence-electron chi connectivity index (χ2n) is 3.13. The second kappa shape index (κ2) is 4.77. The lowest BCUT2D eigenvalue weighted by atomic mass is 10.0. The molecule has 14 heavy (non-hydrogen) atoms. The van der Waals surface area contributed by atoms with Crippen LogP contribution >= 0.6 is 0 Å². The summed E-state index contributed by atoms with van der Waals surface area (Å²) in [5, 5.41) is 0. The van der Waals surface area contributed by atoms with E-state index in [2.05, 4.69) is 5.48 Å². The molecule has 1 rings (SSSR count).